The molecule has 1 rings (SSSR count). The highest BCUT2D eigenvalue weighted by molar-refractivity contribution is 6.36. The van der Waals surface area contributed by atoms with Crippen molar-refractivity contribution in [3.63, 3.8) is 0 Å². The SMILES string of the molecule is CCC(CC)CNC(=O)c1ccc(Cl)cc1Cl. The molecule has 0 aromatic heterocycles. The highest BCUT2D eigenvalue weighted by Gasteiger charge is 2.12. The first-order valence-electron chi connectivity index (χ1n) is 5.81. The first kappa shape index (κ1) is 14.3. The molecule has 1 amide bonds. The molecule has 0 aliphatic carbocycles. The Morgan fingerprint density at radius 3 is 2.47 bits per heavy atom. The predicted molar refractivity (Wildman–Crippen MR) is 72.9 cm³/mol. The molecular formula is C13H17Cl2NO. The van der Waals surface area contributed by atoms with Gasteiger partial charge >= 0.3 is 0 Å². The summed E-state index contributed by atoms with van der Waals surface area (Å²) >= 11 is 11.7. The fraction of sp³-hybridized carbons (Fsp3) is 0.462. The van der Waals surface area contributed by atoms with Gasteiger partial charge < -0.3 is 5.32 Å². The molecule has 0 bridgehead atoms. The molecule has 2 nitrogen and oxygen atoms in total. The van der Waals surface area contributed by atoms with Crippen molar-refractivity contribution in [3.8, 4) is 0 Å². The topological polar surface area (TPSA) is 29.1 Å². The molecule has 0 heterocycles. The third-order valence-electron chi connectivity index (χ3n) is 2.88. The molecule has 4 heteroatoms. The van der Waals surface area contributed by atoms with Crippen molar-refractivity contribution in [1.29, 1.82) is 0 Å². The lowest BCUT2D eigenvalue weighted by atomic mass is 10.0. The minimum Gasteiger partial charge on any atom is -0.352 e. The van der Waals surface area contributed by atoms with Gasteiger partial charge in [-0.05, 0) is 24.1 Å². The normalized spacial score (nSPS) is 10.6. The fourth-order valence-corrected chi connectivity index (χ4v) is 2.08. The summed E-state index contributed by atoms with van der Waals surface area (Å²) in [7, 11) is 0. The standard InChI is InChI=1S/C13H17Cl2NO/c1-3-9(4-2)8-16-13(17)11-6-5-10(14)7-12(11)15/h5-7,9H,3-4,8H2,1-2H3,(H,16,17). The molecule has 1 N–H and O–H groups in total. The van der Waals surface area contributed by atoms with E-state index in [1.54, 1.807) is 18.2 Å². The van der Waals surface area contributed by atoms with Crippen molar-refractivity contribution in [2.24, 2.45) is 5.92 Å². The van der Waals surface area contributed by atoms with Gasteiger partial charge in [-0.25, -0.2) is 0 Å². The zero-order chi connectivity index (χ0) is 12.8. The maximum atomic E-state index is 11.9. The van der Waals surface area contributed by atoms with E-state index in [0.717, 1.165) is 12.8 Å². The van der Waals surface area contributed by atoms with Gasteiger partial charge in [-0.2, -0.15) is 0 Å². The van der Waals surface area contributed by atoms with Crippen LogP contribution in [0.5, 0.6) is 0 Å². The van der Waals surface area contributed by atoms with E-state index in [0.29, 0.717) is 28.1 Å². The van der Waals surface area contributed by atoms with E-state index in [4.69, 9.17) is 23.2 Å². The van der Waals surface area contributed by atoms with Gasteiger partial charge in [0, 0.05) is 11.6 Å². The fourth-order valence-electron chi connectivity index (χ4n) is 1.58. The lowest BCUT2D eigenvalue weighted by Crippen LogP contribution is -2.29. The van der Waals surface area contributed by atoms with E-state index in [1.165, 1.54) is 0 Å². The molecule has 94 valence electrons. The van der Waals surface area contributed by atoms with Crippen LogP contribution in [0.4, 0.5) is 0 Å². The third kappa shape index (κ3) is 4.21. The number of rotatable bonds is 5. The molecule has 1 aromatic carbocycles. The van der Waals surface area contributed by atoms with Crippen LogP contribution in [-0.4, -0.2) is 12.5 Å². The average molecular weight is 274 g/mol. The van der Waals surface area contributed by atoms with Crippen LogP contribution in [0.2, 0.25) is 10.0 Å². The molecule has 0 saturated heterocycles. The van der Waals surface area contributed by atoms with Crippen LogP contribution in [0.15, 0.2) is 18.2 Å². The van der Waals surface area contributed by atoms with Crippen LogP contribution in [0.1, 0.15) is 37.0 Å². The monoisotopic (exact) mass is 273 g/mol. The van der Waals surface area contributed by atoms with Crippen molar-refractivity contribution in [3.05, 3.63) is 33.8 Å². The minimum atomic E-state index is -0.140. The highest BCUT2D eigenvalue weighted by Crippen LogP contribution is 2.20. The Morgan fingerprint density at radius 2 is 1.94 bits per heavy atom. The van der Waals surface area contributed by atoms with E-state index in [2.05, 4.69) is 19.2 Å². The van der Waals surface area contributed by atoms with Gasteiger partial charge in [0.05, 0.1) is 10.6 Å². The Kier molecular flexibility index (Phi) is 5.79. The summed E-state index contributed by atoms with van der Waals surface area (Å²) in [5.41, 5.74) is 0.474. The first-order valence-corrected chi connectivity index (χ1v) is 6.57. The summed E-state index contributed by atoms with van der Waals surface area (Å²) in [6.45, 7) is 4.93. The molecule has 0 unspecified atom stereocenters. The summed E-state index contributed by atoms with van der Waals surface area (Å²) in [4.78, 5) is 11.9. The van der Waals surface area contributed by atoms with Crippen molar-refractivity contribution >= 4 is 29.1 Å². The number of hydrogen-bond acceptors (Lipinski definition) is 1. The summed E-state index contributed by atoms with van der Waals surface area (Å²) in [6.07, 6.45) is 2.12. The smallest absolute Gasteiger partial charge is 0.252 e. The van der Waals surface area contributed by atoms with Crippen LogP contribution in [-0.2, 0) is 0 Å². The van der Waals surface area contributed by atoms with Crippen LogP contribution in [0.25, 0.3) is 0 Å². The van der Waals surface area contributed by atoms with Gasteiger partial charge in [0.15, 0.2) is 0 Å². The molecule has 0 radical (unpaired) electrons. The van der Waals surface area contributed by atoms with E-state index in [-0.39, 0.29) is 5.91 Å². The lowest BCUT2D eigenvalue weighted by Gasteiger charge is -2.13. The number of benzene rings is 1. The summed E-state index contributed by atoms with van der Waals surface area (Å²) in [6, 6.07) is 4.89. The molecule has 0 aliphatic heterocycles. The zero-order valence-corrected chi connectivity index (χ0v) is 11.6. The number of hydrogen-bond donors (Lipinski definition) is 1. The van der Waals surface area contributed by atoms with Gasteiger partial charge in [0.25, 0.3) is 5.91 Å². The summed E-state index contributed by atoms with van der Waals surface area (Å²) in [5.74, 6) is 0.378. The number of nitrogens with one attached hydrogen (secondary N) is 1. The molecule has 17 heavy (non-hydrogen) atoms. The molecule has 0 spiro atoms. The number of halogens is 2. The van der Waals surface area contributed by atoms with Gasteiger partial charge in [-0.15, -0.1) is 0 Å². The zero-order valence-electron chi connectivity index (χ0n) is 10.1. The van der Waals surface area contributed by atoms with Crippen molar-refractivity contribution in [1.82, 2.24) is 5.32 Å². The van der Waals surface area contributed by atoms with Crippen LogP contribution >= 0.6 is 23.2 Å². The Morgan fingerprint density at radius 1 is 1.29 bits per heavy atom. The van der Waals surface area contributed by atoms with Crippen LogP contribution < -0.4 is 5.32 Å². The Hall–Kier alpha value is -0.730. The second kappa shape index (κ2) is 6.87. The van der Waals surface area contributed by atoms with E-state index in [9.17, 15) is 4.79 Å². The van der Waals surface area contributed by atoms with Crippen molar-refractivity contribution < 1.29 is 4.79 Å². The van der Waals surface area contributed by atoms with Gasteiger partial charge in [-0.1, -0.05) is 49.9 Å². The molecule has 0 aliphatic rings. The molecule has 0 atom stereocenters. The Labute approximate surface area is 112 Å². The molecule has 0 saturated carbocycles. The maximum absolute atomic E-state index is 11.9. The predicted octanol–water partition coefficient (Wildman–Crippen LogP) is 4.16. The maximum Gasteiger partial charge on any atom is 0.252 e. The second-order valence-corrected chi connectivity index (χ2v) is 4.86. The van der Waals surface area contributed by atoms with Crippen molar-refractivity contribution in [2.45, 2.75) is 26.7 Å². The minimum absolute atomic E-state index is 0.140. The first-order chi connectivity index (χ1) is 8.08. The molecular weight excluding hydrogens is 257 g/mol. The van der Waals surface area contributed by atoms with Gasteiger partial charge in [0.1, 0.15) is 0 Å². The average Bonchev–Trinajstić information content (AvgIpc) is 2.30. The highest BCUT2D eigenvalue weighted by atomic mass is 35.5. The third-order valence-corrected chi connectivity index (χ3v) is 3.43. The van der Waals surface area contributed by atoms with Crippen LogP contribution in [0, 0.1) is 5.92 Å². The number of carbonyl (C=O) groups is 1. The quantitative estimate of drug-likeness (QED) is 0.858. The summed E-state index contributed by atoms with van der Waals surface area (Å²) in [5, 5.41) is 3.82. The van der Waals surface area contributed by atoms with Gasteiger partial charge in [-0.3, -0.25) is 4.79 Å². The largest absolute Gasteiger partial charge is 0.352 e. The second-order valence-electron chi connectivity index (χ2n) is 4.02. The van der Waals surface area contributed by atoms with E-state index >= 15 is 0 Å². The summed E-state index contributed by atoms with van der Waals surface area (Å²) < 4.78 is 0. The number of amides is 1. The Balaban J connectivity index is 2.64. The van der Waals surface area contributed by atoms with Crippen molar-refractivity contribution in [2.75, 3.05) is 6.54 Å². The Bertz CT molecular complexity index is 389. The van der Waals surface area contributed by atoms with Crippen LogP contribution in [0.3, 0.4) is 0 Å². The van der Waals surface area contributed by atoms with Gasteiger partial charge in [0.2, 0.25) is 0 Å². The lowest BCUT2D eigenvalue weighted by molar-refractivity contribution is 0.0946. The number of carbonyl (C=O) groups excluding carboxylic acids is 1. The van der Waals surface area contributed by atoms with E-state index < -0.39 is 0 Å². The molecule has 1 aromatic rings. The molecule has 0 fully saturated rings. The van der Waals surface area contributed by atoms with E-state index in [1.807, 2.05) is 0 Å².